The summed E-state index contributed by atoms with van der Waals surface area (Å²) in [7, 11) is 1.43. The fourth-order valence-electron chi connectivity index (χ4n) is 1.41. The van der Waals surface area contributed by atoms with Crippen molar-refractivity contribution in [1.82, 2.24) is 5.32 Å². The van der Waals surface area contributed by atoms with Crippen LogP contribution in [0.25, 0.3) is 0 Å². The Morgan fingerprint density at radius 1 is 1.62 bits per heavy atom. The van der Waals surface area contributed by atoms with E-state index in [0.29, 0.717) is 11.8 Å². The Labute approximate surface area is 83.6 Å². The van der Waals surface area contributed by atoms with Crippen molar-refractivity contribution in [2.24, 2.45) is 0 Å². The topological polar surface area (TPSA) is 38.3 Å². The summed E-state index contributed by atoms with van der Waals surface area (Å²) in [4.78, 5) is 10.8. The van der Waals surface area contributed by atoms with Gasteiger partial charge in [0.05, 0.1) is 12.9 Å². The highest BCUT2D eigenvalue weighted by molar-refractivity contribution is 7.99. The molecule has 3 nitrogen and oxygen atoms in total. The lowest BCUT2D eigenvalue weighted by atomic mass is 10.1. The van der Waals surface area contributed by atoms with Gasteiger partial charge in [-0.05, 0) is 19.4 Å². The molecule has 1 N–H and O–H groups in total. The van der Waals surface area contributed by atoms with Gasteiger partial charge in [-0.1, -0.05) is 6.42 Å². The number of ether oxygens (including phenoxy) is 1. The van der Waals surface area contributed by atoms with E-state index in [-0.39, 0.29) is 5.97 Å². The lowest BCUT2D eigenvalue weighted by Crippen LogP contribution is -2.36. The molecule has 1 heterocycles. The smallest absolute Gasteiger partial charge is 0.315 e. The van der Waals surface area contributed by atoms with Gasteiger partial charge in [0.1, 0.15) is 0 Å². The van der Waals surface area contributed by atoms with Crippen LogP contribution >= 0.6 is 11.8 Å². The predicted molar refractivity (Wildman–Crippen MR) is 55.0 cm³/mol. The number of methoxy groups -OCH3 is 1. The summed E-state index contributed by atoms with van der Waals surface area (Å²) in [5.41, 5.74) is 0. The Balaban J connectivity index is 2.01. The molecule has 13 heavy (non-hydrogen) atoms. The second-order valence-corrected chi connectivity index (χ2v) is 4.27. The Hall–Kier alpha value is -0.220. The molecule has 76 valence electrons. The third kappa shape index (κ3) is 4.52. The fraction of sp³-hybridized carbons (Fsp3) is 0.889. The minimum Gasteiger partial charge on any atom is -0.468 e. The molecule has 0 bridgehead atoms. The molecule has 1 aliphatic heterocycles. The number of rotatable bonds is 4. The second kappa shape index (κ2) is 6.27. The Kier molecular flexibility index (Phi) is 5.23. The maximum absolute atomic E-state index is 10.8. The first kappa shape index (κ1) is 10.9. The molecular weight excluding hydrogens is 186 g/mol. The first-order chi connectivity index (χ1) is 6.33. The van der Waals surface area contributed by atoms with Crippen molar-refractivity contribution in [2.75, 3.05) is 25.2 Å². The Bertz CT molecular complexity index is 158. The molecule has 1 atom stereocenters. The van der Waals surface area contributed by atoms with Crippen LogP contribution in [-0.2, 0) is 9.53 Å². The van der Waals surface area contributed by atoms with Gasteiger partial charge in [-0.2, -0.15) is 0 Å². The van der Waals surface area contributed by atoms with Crippen LogP contribution in [0.1, 0.15) is 19.3 Å². The van der Waals surface area contributed by atoms with E-state index >= 15 is 0 Å². The summed E-state index contributed by atoms with van der Waals surface area (Å²) >= 11 is 1.66. The second-order valence-electron chi connectivity index (χ2n) is 3.24. The number of thioether (sulfide) groups is 1. The van der Waals surface area contributed by atoms with Gasteiger partial charge < -0.3 is 10.1 Å². The molecule has 0 aromatic carbocycles. The quantitative estimate of drug-likeness (QED) is 0.693. The van der Waals surface area contributed by atoms with E-state index in [1.54, 1.807) is 11.8 Å². The van der Waals surface area contributed by atoms with Crippen LogP contribution in [0, 0.1) is 0 Å². The summed E-state index contributed by atoms with van der Waals surface area (Å²) < 4.78 is 4.56. The summed E-state index contributed by atoms with van der Waals surface area (Å²) in [5, 5.41) is 3.44. The third-order valence-electron chi connectivity index (χ3n) is 2.18. The monoisotopic (exact) mass is 203 g/mol. The van der Waals surface area contributed by atoms with E-state index in [9.17, 15) is 4.79 Å². The third-order valence-corrected chi connectivity index (χ3v) is 3.26. The molecule has 0 radical (unpaired) electrons. The molecule has 1 saturated heterocycles. The number of carbonyl (C=O) groups excluding carboxylic acids is 1. The van der Waals surface area contributed by atoms with Crippen molar-refractivity contribution in [3.8, 4) is 0 Å². The Morgan fingerprint density at radius 2 is 2.46 bits per heavy atom. The molecule has 4 heteroatoms. The van der Waals surface area contributed by atoms with Crippen molar-refractivity contribution < 1.29 is 9.53 Å². The van der Waals surface area contributed by atoms with Gasteiger partial charge in [-0.15, -0.1) is 11.8 Å². The highest BCUT2D eigenvalue weighted by Gasteiger charge is 2.12. The molecule has 1 unspecified atom stereocenters. The van der Waals surface area contributed by atoms with E-state index in [1.807, 2.05) is 0 Å². The standard InChI is InChI=1S/C9H17NO2S/c1-12-9(11)7-13-6-8-4-2-3-5-10-8/h8,10H,2-7H2,1H3. The van der Waals surface area contributed by atoms with E-state index < -0.39 is 0 Å². The van der Waals surface area contributed by atoms with Crippen LogP contribution in [0.5, 0.6) is 0 Å². The van der Waals surface area contributed by atoms with Gasteiger partial charge in [0.15, 0.2) is 0 Å². The molecule has 0 spiro atoms. The van der Waals surface area contributed by atoms with E-state index in [1.165, 1.54) is 26.4 Å². The molecule has 1 aliphatic rings. The molecule has 0 amide bonds. The average molecular weight is 203 g/mol. The largest absolute Gasteiger partial charge is 0.468 e. The highest BCUT2D eigenvalue weighted by atomic mass is 32.2. The maximum atomic E-state index is 10.8. The summed E-state index contributed by atoms with van der Waals surface area (Å²) in [6.07, 6.45) is 3.85. The van der Waals surface area contributed by atoms with Crippen molar-refractivity contribution in [3.05, 3.63) is 0 Å². The summed E-state index contributed by atoms with van der Waals surface area (Å²) in [6, 6.07) is 0.600. The van der Waals surface area contributed by atoms with Crippen molar-refractivity contribution in [1.29, 1.82) is 0 Å². The molecule has 1 rings (SSSR count). The van der Waals surface area contributed by atoms with Crippen molar-refractivity contribution in [3.63, 3.8) is 0 Å². The van der Waals surface area contributed by atoms with Crippen LogP contribution in [0.3, 0.4) is 0 Å². The minimum atomic E-state index is -0.124. The summed E-state index contributed by atoms with van der Waals surface area (Å²) in [5.74, 6) is 1.38. The number of hydrogen-bond acceptors (Lipinski definition) is 4. The zero-order valence-corrected chi connectivity index (χ0v) is 8.86. The van der Waals surface area contributed by atoms with Gasteiger partial charge >= 0.3 is 5.97 Å². The Morgan fingerprint density at radius 3 is 3.08 bits per heavy atom. The van der Waals surface area contributed by atoms with E-state index in [4.69, 9.17) is 0 Å². The molecular formula is C9H17NO2S. The van der Waals surface area contributed by atoms with E-state index in [2.05, 4.69) is 10.1 Å². The fourth-order valence-corrected chi connectivity index (χ4v) is 2.38. The van der Waals surface area contributed by atoms with Gasteiger partial charge in [-0.25, -0.2) is 0 Å². The number of carbonyl (C=O) groups is 1. The van der Waals surface area contributed by atoms with Gasteiger partial charge in [0, 0.05) is 11.8 Å². The lowest BCUT2D eigenvalue weighted by Gasteiger charge is -2.22. The number of nitrogens with one attached hydrogen (secondary N) is 1. The molecule has 0 aliphatic carbocycles. The van der Waals surface area contributed by atoms with E-state index in [0.717, 1.165) is 12.3 Å². The zero-order chi connectivity index (χ0) is 9.52. The van der Waals surface area contributed by atoms with Crippen LogP contribution in [0.4, 0.5) is 0 Å². The van der Waals surface area contributed by atoms with Crippen LogP contribution in [-0.4, -0.2) is 37.2 Å². The maximum Gasteiger partial charge on any atom is 0.315 e. The first-order valence-corrected chi connectivity index (χ1v) is 5.86. The van der Waals surface area contributed by atoms with Crippen LogP contribution < -0.4 is 5.32 Å². The first-order valence-electron chi connectivity index (χ1n) is 4.71. The normalized spacial score (nSPS) is 22.7. The van der Waals surface area contributed by atoms with Gasteiger partial charge in [0.25, 0.3) is 0 Å². The summed E-state index contributed by atoms with van der Waals surface area (Å²) in [6.45, 7) is 1.13. The zero-order valence-electron chi connectivity index (χ0n) is 8.04. The lowest BCUT2D eigenvalue weighted by molar-refractivity contribution is -0.137. The van der Waals surface area contributed by atoms with Crippen molar-refractivity contribution >= 4 is 17.7 Å². The van der Waals surface area contributed by atoms with Crippen LogP contribution in [0.2, 0.25) is 0 Å². The molecule has 0 saturated carbocycles. The average Bonchev–Trinajstić information content (AvgIpc) is 2.19. The van der Waals surface area contributed by atoms with Crippen molar-refractivity contribution in [2.45, 2.75) is 25.3 Å². The van der Waals surface area contributed by atoms with Gasteiger partial charge in [-0.3, -0.25) is 4.79 Å². The predicted octanol–water partition coefficient (Wildman–Crippen LogP) is 1.03. The van der Waals surface area contributed by atoms with Gasteiger partial charge in [0.2, 0.25) is 0 Å². The number of hydrogen-bond donors (Lipinski definition) is 1. The molecule has 0 aromatic heterocycles. The van der Waals surface area contributed by atoms with Crippen LogP contribution in [0.15, 0.2) is 0 Å². The number of esters is 1. The highest BCUT2D eigenvalue weighted by Crippen LogP contribution is 2.12. The minimum absolute atomic E-state index is 0.124. The number of piperidine rings is 1. The molecule has 1 fully saturated rings. The molecule has 0 aromatic rings. The SMILES string of the molecule is COC(=O)CSCC1CCCCN1.